The fourth-order valence-corrected chi connectivity index (χ4v) is 2.18. The topological polar surface area (TPSA) is 9.23 Å². The van der Waals surface area contributed by atoms with E-state index in [0.29, 0.717) is 5.56 Å². The third kappa shape index (κ3) is 2.75. The van der Waals surface area contributed by atoms with Gasteiger partial charge in [-0.3, -0.25) is 0 Å². The van der Waals surface area contributed by atoms with Crippen molar-refractivity contribution >= 4 is 11.6 Å². The highest BCUT2D eigenvalue weighted by Crippen LogP contribution is 2.33. The molecule has 0 aliphatic heterocycles. The predicted octanol–water partition coefficient (Wildman–Crippen LogP) is 4.75. The van der Waals surface area contributed by atoms with Gasteiger partial charge < -0.3 is 4.74 Å². The fourth-order valence-electron chi connectivity index (χ4n) is 1.88. The number of ether oxygens (including phenoxy) is 1. The normalized spacial score (nSPS) is 12.3. The van der Waals surface area contributed by atoms with Crippen LogP contribution in [0.5, 0.6) is 5.75 Å². The summed E-state index contributed by atoms with van der Waals surface area (Å²) in [5, 5.41) is -0.981. The van der Waals surface area contributed by atoms with Crippen molar-refractivity contribution in [2.24, 2.45) is 0 Å². The highest BCUT2D eigenvalue weighted by molar-refractivity contribution is 6.22. The van der Waals surface area contributed by atoms with E-state index in [-0.39, 0.29) is 16.9 Å². The van der Waals surface area contributed by atoms with Crippen molar-refractivity contribution in [2.75, 3.05) is 7.11 Å². The molecule has 0 fully saturated rings. The number of hydrogen-bond donors (Lipinski definition) is 0. The van der Waals surface area contributed by atoms with Crippen molar-refractivity contribution < 1.29 is 17.9 Å². The first-order valence-corrected chi connectivity index (χ1v) is 6.30. The maximum atomic E-state index is 13.8. The van der Waals surface area contributed by atoms with E-state index >= 15 is 0 Å². The first-order valence-electron chi connectivity index (χ1n) is 5.87. The van der Waals surface area contributed by atoms with Gasteiger partial charge in [-0.25, -0.2) is 13.2 Å². The average molecular weight is 301 g/mol. The minimum absolute atomic E-state index is 0.0284. The van der Waals surface area contributed by atoms with E-state index in [4.69, 9.17) is 16.3 Å². The molecule has 0 saturated carbocycles. The quantitative estimate of drug-likeness (QED) is 0.743. The number of rotatable bonds is 3. The summed E-state index contributed by atoms with van der Waals surface area (Å²) in [6.45, 7) is 1.46. The molecule has 0 bridgehead atoms. The number of aryl methyl sites for hydroxylation is 1. The lowest BCUT2D eigenvalue weighted by Crippen LogP contribution is -2.01. The van der Waals surface area contributed by atoms with Crippen molar-refractivity contribution in [1.29, 1.82) is 0 Å². The Morgan fingerprint density at radius 1 is 1.00 bits per heavy atom. The molecule has 5 heteroatoms. The van der Waals surface area contributed by atoms with Crippen LogP contribution in [-0.2, 0) is 0 Å². The van der Waals surface area contributed by atoms with Gasteiger partial charge in [0.15, 0.2) is 11.6 Å². The molecule has 0 aliphatic carbocycles. The highest BCUT2D eigenvalue weighted by atomic mass is 35.5. The summed E-state index contributed by atoms with van der Waals surface area (Å²) < 4.78 is 45.8. The summed E-state index contributed by atoms with van der Waals surface area (Å²) in [6, 6.07) is 6.15. The molecule has 1 unspecified atom stereocenters. The molecular weight excluding hydrogens is 289 g/mol. The molecule has 0 amide bonds. The summed E-state index contributed by atoms with van der Waals surface area (Å²) in [7, 11) is 1.34. The second-order valence-corrected chi connectivity index (χ2v) is 4.82. The molecule has 1 nitrogen and oxygen atoms in total. The van der Waals surface area contributed by atoms with Crippen LogP contribution in [0.1, 0.15) is 22.1 Å². The number of benzene rings is 2. The average Bonchev–Trinajstić information content (AvgIpc) is 2.42. The largest absolute Gasteiger partial charge is 0.494 e. The third-order valence-electron chi connectivity index (χ3n) is 3.02. The van der Waals surface area contributed by atoms with Crippen LogP contribution in [0.3, 0.4) is 0 Å². The van der Waals surface area contributed by atoms with E-state index < -0.39 is 22.8 Å². The monoisotopic (exact) mass is 300 g/mol. The second kappa shape index (κ2) is 5.75. The Morgan fingerprint density at radius 2 is 1.70 bits per heavy atom. The lowest BCUT2D eigenvalue weighted by atomic mass is 10.0. The standard InChI is InChI=1S/C15H12ClF3O/c1-8-5-12(18)10(7-11(8)17)15(16)9-3-4-14(20-2)13(19)6-9/h3-7,15H,1-2H3. The SMILES string of the molecule is COc1ccc(C(Cl)c2cc(F)c(C)cc2F)cc1F. The van der Waals surface area contributed by atoms with E-state index in [1.165, 1.54) is 26.2 Å². The molecule has 106 valence electrons. The van der Waals surface area contributed by atoms with Gasteiger partial charge in [-0.15, -0.1) is 11.6 Å². The van der Waals surface area contributed by atoms with Gasteiger partial charge in [0, 0.05) is 5.56 Å². The molecule has 2 rings (SSSR count). The second-order valence-electron chi connectivity index (χ2n) is 4.38. The molecule has 1 atom stereocenters. The van der Waals surface area contributed by atoms with Crippen LogP contribution in [0.4, 0.5) is 13.2 Å². The Hall–Kier alpha value is -1.68. The van der Waals surface area contributed by atoms with Crippen LogP contribution >= 0.6 is 11.6 Å². The first-order chi connectivity index (χ1) is 9.43. The molecule has 0 saturated heterocycles. The van der Waals surface area contributed by atoms with Crippen molar-refractivity contribution in [3.05, 3.63) is 64.5 Å². The zero-order chi connectivity index (χ0) is 14.9. The van der Waals surface area contributed by atoms with E-state index in [1.54, 1.807) is 0 Å². The molecule has 0 aliphatic rings. The summed E-state index contributed by atoms with van der Waals surface area (Å²) >= 11 is 6.11. The Balaban J connectivity index is 2.43. The van der Waals surface area contributed by atoms with Gasteiger partial charge in [-0.05, 0) is 42.3 Å². The molecule has 0 spiro atoms. The Bertz CT molecular complexity index is 643. The summed E-state index contributed by atoms with van der Waals surface area (Å²) in [6.07, 6.45) is 0. The highest BCUT2D eigenvalue weighted by Gasteiger charge is 2.19. The van der Waals surface area contributed by atoms with E-state index in [9.17, 15) is 13.2 Å². The zero-order valence-electron chi connectivity index (χ0n) is 10.9. The van der Waals surface area contributed by atoms with Crippen LogP contribution in [0, 0.1) is 24.4 Å². The van der Waals surface area contributed by atoms with Gasteiger partial charge >= 0.3 is 0 Å². The maximum Gasteiger partial charge on any atom is 0.165 e. The van der Waals surface area contributed by atoms with Gasteiger partial charge in [0.2, 0.25) is 0 Å². The summed E-state index contributed by atoms with van der Waals surface area (Å²) in [4.78, 5) is 0. The molecule has 2 aromatic carbocycles. The number of alkyl halides is 1. The number of halogens is 4. The van der Waals surface area contributed by atoms with Gasteiger partial charge in [-0.1, -0.05) is 6.07 Å². The van der Waals surface area contributed by atoms with Crippen LogP contribution in [0.2, 0.25) is 0 Å². The van der Waals surface area contributed by atoms with Crippen LogP contribution in [-0.4, -0.2) is 7.11 Å². The third-order valence-corrected chi connectivity index (χ3v) is 3.51. The Morgan fingerprint density at radius 3 is 2.30 bits per heavy atom. The molecule has 0 aromatic heterocycles. The molecule has 0 N–H and O–H groups in total. The van der Waals surface area contributed by atoms with Crippen molar-refractivity contribution in [3.63, 3.8) is 0 Å². The first kappa shape index (κ1) is 14.7. The van der Waals surface area contributed by atoms with Crippen LogP contribution in [0.15, 0.2) is 30.3 Å². The Kier molecular flexibility index (Phi) is 4.23. The van der Waals surface area contributed by atoms with Crippen molar-refractivity contribution in [1.82, 2.24) is 0 Å². The molecule has 20 heavy (non-hydrogen) atoms. The van der Waals surface area contributed by atoms with E-state index in [2.05, 4.69) is 0 Å². The molecule has 0 radical (unpaired) electrons. The van der Waals surface area contributed by atoms with Gasteiger partial charge in [-0.2, -0.15) is 0 Å². The molecular formula is C15H12ClF3O. The molecule has 2 aromatic rings. The maximum absolute atomic E-state index is 13.8. The molecule has 0 heterocycles. The minimum atomic E-state index is -0.981. The smallest absolute Gasteiger partial charge is 0.165 e. The van der Waals surface area contributed by atoms with Crippen molar-refractivity contribution in [2.45, 2.75) is 12.3 Å². The summed E-state index contributed by atoms with van der Waals surface area (Å²) in [5.41, 5.74) is 0.488. The van der Waals surface area contributed by atoms with Crippen LogP contribution < -0.4 is 4.74 Å². The number of methoxy groups -OCH3 is 1. The lowest BCUT2D eigenvalue weighted by molar-refractivity contribution is 0.386. The van der Waals surface area contributed by atoms with E-state index in [0.717, 1.165) is 18.2 Å². The van der Waals surface area contributed by atoms with Crippen LogP contribution in [0.25, 0.3) is 0 Å². The summed E-state index contributed by atoms with van der Waals surface area (Å²) in [5.74, 6) is -1.72. The lowest BCUT2D eigenvalue weighted by Gasteiger charge is -2.13. The minimum Gasteiger partial charge on any atom is -0.494 e. The van der Waals surface area contributed by atoms with E-state index in [1.807, 2.05) is 0 Å². The van der Waals surface area contributed by atoms with Gasteiger partial charge in [0.25, 0.3) is 0 Å². The van der Waals surface area contributed by atoms with Crippen molar-refractivity contribution in [3.8, 4) is 5.75 Å². The predicted molar refractivity (Wildman–Crippen MR) is 71.7 cm³/mol. The fraction of sp³-hybridized carbons (Fsp3) is 0.200. The number of hydrogen-bond acceptors (Lipinski definition) is 1. The zero-order valence-corrected chi connectivity index (χ0v) is 11.6. The van der Waals surface area contributed by atoms with Gasteiger partial charge in [0.1, 0.15) is 11.6 Å². The van der Waals surface area contributed by atoms with Gasteiger partial charge in [0.05, 0.1) is 12.5 Å². The Labute approximate surface area is 119 Å².